The van der Waals surface area contributed by atoms with Gasteiger partial charge in [-0.3, -0.25) is 4.79 Å². The summed E-state index contributed by atoms with van der Waals surface area (Å²) >= 11 is 0. The van der Waals surface area contributed by atoms with Gasteiger partial charge in [0.15, 0.2) is 0 Å². The van der Waals surface area contributed by atoms with Crippen molar-refractivity contribution in [1.29, 1.82) is 0 Å². The van der Waals surface area contributed by atoms with E-state index >= 15 is 0 Å². The highest BCUT2D eigenvalue weighted by atomic mass is 16.1. The van der Waals surface area contributed by atoms with Crippen LogP contribution in [0.5, 0.6) is 0 Å². The van der Waals surface area contributed by atoms with Crippen LogP contribution in [0.15, 0.2) is 0 Å². The molecule has 2 aliphatic rings. The first kappa shape index (κ1) is 6.16. The van der Waals surface area contributed by atoms with E-state index in [4.69, 9.17) is 5.73 Å². The van der Waals surface area contributed by atoms with Crippen molar-refractivity contribution in [3.05, 3.63) is 0 Å². The monoisotopic (exact) mass is 140 g/mol. The van der Waals surface area contributed by atoms with Crippen molar-refractivity contribution in [2.24, 2.45) is 17.6 Å². The Morgan fingerprint density at radius 3 is 2.60 bits per heavy atom. The van der Waals surface area contributed by atoms with Crippen molar-refractivity contribution >= 4 is 5.91 Å². The lowest BCUT2D eigenvalue weighted by Gasteiger charge is -2.18. The number of fused-ring (bicyclic) bond motifs is 2. The number of carbonyl (C=O) groups excluding carboxylic acids is 1. The molecule has 3 atom stereocenters. The van der Waals surface area contributed by atoms with Crippen LogP contribution in [0.2, 0.25) is 0 Å². The lowest BCUT2D eigenvalue weighted by atomic mass is 9.92. The average molecular weight is 140 g/mol. The third-order valence-electron chi connectivity index (χ3n) is 2.70. The summed E-state index contributed by atoms with van der Waals surface area (Å²) in [4.78, 5) is 13.1. The fourth-order valence-corrected chi connectivity index (χ4v) is 2.11. The number of piperidine rings is 1. The predicted molar refractivity (Wildman–Crippen MR) is 37.2 cm³/mol. The SMILES string of the molecule is NC(=O)[C@@H]1CN2CC[C@@H]1C2. The zero-order valence-corrected chi connectivity index (χ0v) is 5.92. The molecule has 0 aliphatic carbocycles. The molecule has 2 bridgehead atoms. The van der Waals surface area contributed by atoms with Gasteiger partial charge in [-0.25, -0.2) is 0 Å². The van der Waals surface area contributed by atoms with Gasteiger partial charge in [0.1, 0.15) is 0 Å². The molecule has 1 unspecified atom stereocenters. The summed E-state index contributed by atoms with van der Waals surface area (Å²) in [5.41, 5.74) is 5.22. The van der Waals surface area contributed by atoms with Gasteiger partial charge in [0.25, 0.3) is 0 Å². The summed E-state index contributed by atoms with van der Waals surface area (Å²) in [5, 5.41) is 0. The maximum absolute atomic E-state index is 10.8. The van der Waals surface area contributed by atoms with Crippen LogP contribution < -0.4 is 5.73 Å². The highest BCUT2D eigenvalue weighted by molar-refractivity contribution is 5.77. The molecule has 56 valence electrons. The van der Waals surface area contributed by atoms with E-state index in [9.17, 15) is 4.79 Å². The maximum atomic E-state index is 10.8. The first-order valence-corrected chi connectivity index (χ1v) is 3.79. The molecule has 0 aromatic rings. The van der Waals surface area contributed by atoms with E-state index in [0.717, 1.165) is 13.1 Å². The summed E-state index contributed by atoms with van der Waals surface area (Å²) in [6.45, 7) is 3.20. The highest BCUT2D eigenvalue weighted by Gasteiger charge is 2.40. The van der Waals surface area contributed by atoms with Crippen molar-refractivity contribution in [1.82, 2.24) is 4.90 Å². The number of carbonyl (C=O) groups is 1. The van der Waals surface area contributed by atoms with Crippen molar-refractivity contribution in [3.8, 4) is 0 Å². The second-order valence-electron chi connectivity index (χ2n) is 3.32. The Balaban J connectivity index is 2.08. The van der Waals surface area contributed by atoms with Crippen LogP contribution in [0.25, 0.3) is 0 Å². The Bertz CT molecular complexity index is 169. The largest absolute Gasteiger partial charge is 0.369 e. The Morgan fingerprint density at radius 1 is 1.50 bits per heavy atom. The molecule has 0 aromatic heterocycles. The van der Waals surface area contributed by atoms with Crippen LogP contribution in [0.4, 0.5) is 0 Å². The number of nitrogens with two attached hydrogens (primary N) is 1. The van der Waals surface area contributed by atoms with Crippen LogP contribution in [0.3, 0.4) is 0 Å². The Morgan fingerprint density at radius 2 is 2.30 bits per heavy atom. The minimum atomic E-state index is -0.104. The van der Waals surface area contributed by atoms with Crippen molar-refractivity contribution in [3.63, 3.8) is 0 Å². The molecule has 2 fully saturated rings. The molecule has 0 spiro atoms. The Kier molecular flexibility index (Phi) is 1.20. The smallest absolute Gasteiger partial charge is 0.222 e. The van der Waals surface area contributed by atoms with E-state index in [2.05, 4.69) is 4.90 Å². The molecule has 10 heavy (non-hydrogen) atoms. The summed E-state index contributed by atoms with van der Waals surface area (Å²) in [6.07, 6.45) is 1.17. The van der Waals surface area contributed by atoms with Crippen molar-refractivity contribution in [2.45, 2.75) is 6.42 Å². The molecule has 3 nitrogen and oxygen atoms in total. The Hall–Kier alpha value is -0.570. The third-order valence-corrected chi connectivity index (χ3v) is 2.70. The molecule has 2 heterocycles. The minimum Gasteiger partial charge on any atom is -0.369 e. The topological polar surface area (TPSA) is 46.3 Å². The number of primary amides is 1. The summed E-state index contributed by atoms with van der Waals surface area (Å²) in [5.74, 6) is 0.637. The molecule has 2 aliphatic heterocycles. The van der Waals surface area contributed by atoms with Crippen LogP contribution in [-0.2, 0) is 4.79 Å². The van der Waals surface area contributed by atoms with E-state index in [1.165, 1.54) is 13.0 Å². The number of rotatable bonds is 1. The molecular formula is C7H12N2O. The number of amides is 1. The second-order valence-corrected chi connectivity index (χ2v) is 3.32. The molecule has 2 rings (SSSR count). The number of hydrogen-bond acceptors (Lipinski definition) is 2. The molecule has 0 radical (unpaired) electrons. The van der Waals surface area contributed by atoms with Crippen LogP contribution in [-0.4, -0.2) is 30.4 Å². The minimum absolute atomic E-state index is 0.104. The van der Waals surface area contributed by atoms with Gasteiger partial charge in [0.05, 0.1) is 5.92 Å². The molecule has 2 N–H and O–H groups in total. The van der Waals surface area contributed by atoms with Gasteiger partial charge in [-0.15, -0.1) is 0 Å². The van der Waals surface area contributed by atoms with Gasteiger partial charge in [-0.05, 0) is 18.9 Å². The van der Waals surface area contributed by atoms with Crippen LogP contribution in [0, 0.1) is 11.8 Å². The summed E-state index contributed by atoms with van der Waals surface area (Å²) < 4.78 is 0. The van der Waals surface area contributed by atoms with Gasteiger partial charge >= 0.3 is 0 Å². The number of hydrogen-bond donors (Lipinski definition) is 1. The van der Waals surface area contributed by atoms with E-state index in [1.54, 1.807) is 0 Å². The third kappa shape index (κ3) is 0.736. The van der Waals surface area contributed by atoms with E-state index < -0.39 is 0 Å². The molecule has 1 amide bonds. The molecule has 2 saturated heterocycles. The second kappa shape index (κ2) is 1.95. The lowest BCUT2D eigenvalue weighted by Crippen LogP contribution is -2.33. The van der Waals surface area contributed by atoms with Gasteiger partial charge in [0.2, 0.25) is 5.91 Å². The van der Waals surface area contributed by atoms with Crippen molar-refractivity contribution in [2.75, 3.05) is 19.6 Å². The summed E-state index contributed by atoms with van der Waals surface area (Å²) in [7, 11) is 0. The fraction of sp³-hybridized carbons (Fsp3) is 0.857. The number of nitrogens with zero attached hydrogens (tertiary/aromatic N) is 1. The Labute approximate surface area is 60.2 Å². The van der Waals surface area contributed by atoms with E-state index in [-0.39, 0.29) is 11.8 Å². The fourth-order valence-electron chi connectivity index (χ4n) is 2.11. The first-order valence-electron chi connectivity index (χ1n) is 3.79. The average Bonchev–Trinajstić information content (AvgIpc) is 2.44. The van der Waals surface area contributed by atoms with Gasteiger partial charge < -0.3 is 10.6 Å². The lowest BCUT2D eigenvalue weighted by molar-refractivity contribution is -0.122. The zero-order valence-electron chi connectivity index (χ0n) is 5.92. The maximum Gasteiger partial charge on any atom is 0.222 e. The van der Waals surface area contributed by atoms with E-state index in [0.29, 0.717) is 5.92 Å². The highest BCUT2D eigenvalue weighted by Crippen LogP contribution is 2.32. The molecule has 3 heteroatoms. The predicted octanol–water partition coefficient (Wildman–Crippen LogP) is -0.577. The molecular weight excluding hydrogens is 128 g/mol. The van der Waals surface area contributed by atoms with Crippen LogP contribution >= 0.6 is 0 Å². The van der Waals surface area contributed by atoms with Crippen LogP contribution in [0.1, 0.15) is 6.42 Å². The molecule has 0 saturated carbocycles. The zero-order chi connectivity index (χ0) is 7.14. The van der Waals surface area contributed by atoms with Gasteiger partial charge in [-0.1, -0.05) is 0 Å². The van der Waals surface area contributed by atoms with E-state index in [1.807, 2.05) is 0 Å². The molecule has 0 aromatic carbocycles. The summed E-state index contributed by atoms with van der Waals surface area (Å²) in [6, 6.07) is 0. The quantitative estimate of drug-likeness (QED) is 0.530. The van der Waals surface area contributed by atoms with Gasteiger partial charge in [-0.2, -0.15) is 0 Å². The first-order chi connectivity index (χ1) is 4.77. The van der Waals surface area contributed by atoms with Gasteiger partial charge in [0, 0.05) is 13.1 Å². The standard InChI is InChI=1S/C7H12N2O/c8-7(10)6-4-9-2-1-5(6)3-9/h5-6H,1-4H2,(H2,8,10)/t5-,6-/m1/s1. The van der Waals surface area contributed by atoms with Crippen molar-refractivity contribution < 1.29 is 4.79 Å². The normalized spacial score (nSPS) is 44.2.